The second-order valence-corrected chi connectivity index (χ2v) is 8.89. The number of benzene rings is 1. The van der Waals surface area contributed by atoms with Crippen LogP contribution in [0.15, 0.2) is 24.3 Å². The average Bonchev–Trinajstić information content (AvgIpc) is 3.09. The summed E-state index contributed by atoms with van der Waals surface area (Å²) in [5, 5.41) is 25.1. The molecule has 0 fully saturated rings. The number of para-hydroxylation sites is 1. The molecule has 1 aromatic heterocycles. The lowest BCUT2D eigenvalue weighted by Gasteiger charge is -2.32. The number of aliphatic hydroxyl groups excluding tert-OH is 1. The topological polar surface area (TPSA) is 133 Å². The van der Waals surface area contributed by atoms with Crippen molar-refractivity contribution < 1.29 is 24.7 Å². The first kappa shape index (κ1) is 23.2. The number of hydrogen-bond donors (Lipinski definition) is 5. The molecule has 0 spiro atoms. The Hall–Kier alpha value is -2.11. The predicted molar refractivity (Wildman–Crippen MR) is 109 cm³/mol. The molecule has 2 amide bonds. The summed E-state index contributed by atoms with van der Waals surface area (Å²) in [5.41, 5.74) is 1.78. The second-order valence-electron chi connectivity index (χ2n) is 7.78. The van der Waals surface area contributed by atoms with Gasteiger partial charge in [-0.2, -0.15) is 0 Å². The second kappa shape index (κ2) is 10.1. The number of thiazole rings is 1. The summed E-state index contributed by atoms with van der Waals surface area (Å²) >= 11 is 1.43. The molecular formula is C19H28N4O5S. The van der Waals surface area contributed by atoms with Crippen LogP contribution in [-0.2, 0) is 20.8 Å². The molecule has 0 aliphatic rings. The lowest BCUT2D eigenvalue weighted by atomic mass is 9.85. The summed E-state index contributed by atoms with van der Waals surface area (Å²) in [5.74, 6) is -1.76. The smallest absolute Gasteiger partial charge is 0.242 e. The summed E-state index contributed by atoms with van der Waals surface area (Å²) in [7, 11) is 1.50. The van der Waals surface area contributed by atoms with Crippen molar-refractivity contribution in [2.75, 3.05) is 13.7 Å². The van der Waals surface area contributed by atoms with Gasteiger partial charge in [-0.1, -0.05) is 38.5 Å². The molecule has 2 aromatic rings. The van der Waals surface area contributed by atoms with Crippen LogP contribution in [0.1, 0.15) is 25.8 Å². The maximum Gasteiger partial charge on any atom is 0.242 e. The SMILES string of the molecule is CNC(=O)[C@@H](NC(=O)[C@H](Cc1nc2ccccc2s1)C(O)CONO)C(C)(C)C. The molecule has 2 rings (SSSR count). The van der Waals surface area contributed by atoms with Crippen LogP contribution >= 0.6 is 11.3 Å². The van der Waals surface area contributed by atoms with E-state index in [-0.39, 0.29) is 18.9 Å². The fourth-order valence-corrected chi connectivity index (χ4v) is 3.93. The fraction of sp³-hybridized carbons (Fsp3) is 0.526. The van der Waals surface area contributed by atoms with Crippen LogP contribution in [0.5, 0.6) is 0 Å². The monoisotopic (exact) mass is 424 g/mol. The van der Waals surface area contributed by atoms with Crippen molar-refractivity contribution in [1.29, 1.82) is 0 Å². The molecule has 1 aromatic carbocycles. The van der Waals surface area contributed by atoms with Crippen molar-refractivity contribution in [1.82, 2.24) is 21.3 Å². The first-order chi connectivity index (χ1) is 13.7. The number of carbonyl (C=O) groups is 2. The highest BCUT2D eigenvalue weighted by molar-refractivity contribution is 7.18. The third-order valence-corrected chi connectivity index (χ3v) is 5.57. The number of rotatable bonds is 9. The van der Waals surface area contributed by atoms with Crippen LogP contribution < -0.4 is 16.3 Å². The van der Waals surface area contributed by atoms with Crippen LogP contribution in [0, 0.1) is 11.3 Å². The molecule has 160 valence electrons. The van der Waals surface area contributed by atoms with E-state index in [1.807, 2.05) is 45.0 Å². The molecule has 3 atom stereocenters. The van der Waals surface area contributed by atoms with Crippen LogP contribution in [-0.4, -0.2) is 52.9 Å². The van der Waals surface area contributed by atoms with Crippen molar-refractivity contribution in [2.45, 2.75) is 39.3 Å². The van der Waals surface area contributed by atoms with E-state index in [1.165, 1.54) is 24.0 Å². The molecule has 29 heavy (non-hydrogen) atoms. The standard InChI is InChI=1S/C19H28N4O5S/c1-19(2,3)16(18(26)20-4)22-17(25)11(13(24)10-28-23-27)9-15-21-12-7-5-6-8-14(12)29-15/h5-8,11,13,16,23-24,27H,9-10H2,1-4H3,(H,20,26)(H,22,25)/t11-,13?,16-/m1/s1. The zero-order valence-electron chi connectivity index (χ0n) is 16.9. The maximum absolute atomic E-state index is 13.0. The van der Waals surface area contributed by atoms with E-state index in [0.29, 0.717) is 5.01 Å². The minimum absolute atomic E-state index is 0.158. The van der Waals surface area contributed by atoms with Crippen LogP contribution in [0.2, 0.25) is 0 Å². The minimum Gasteiger partial charge on any atom is -0.390 e. The zero-order valence-corrected chi connectivity index (χ0v) is 17.7. The van der Waals surface area contributed by atoms with Gasteiger partial charge in [0.15, 0.2) is 0 Å². The maximum atomic E-state index is 13.0. The highest BCUT2D eigenvalue weighted by Crippen LogP contribution is 2.26. The molecule has 5 N–H and O–H groups in total. The highest BCUT2D eigenvalue weighted by atomic mass is 32.1. The van der Waals surface area contributed by atoms with Gasteiger partial charge in [-0.05, 0) is 17.5 Å². The molecule has 0 bridgehead atoms. The van der Waals surface area contributed by atoms with Gasteiger partial charge in [0, 0.05) is 13.5 Å². The van der Waals surface area contributed by atoms with Gasteiger partial charge < -0.3 is 15.7 Å². The number of aromatic nitrogens is 1. The number of fused-ring (bicyclic) bond motifs is 1. The van der Waals surface area contributed by atoms with Gasteiger partial charge in [0.25, 0.3) is 0 Å². The Morgan fingerprint density at radius 1 is 1.24 bits per heavy atom. The van der Waals surface area contributed by atoms with Gasteiger partial charge in [0.1, 0.15) is 6.04 Å². The Labute approximate surface area is 173 Å². The molecule has 0 saturated heterocycles. The van der Waals surface area contributed by atoms with E-state index in [1.54, 1.807) is 0 Å². The van der Waals surface area contributed by atoms with Gasteiger partial charge in [-0.3, -0.25) is 19.6 Å². The Morgan fingerprint density at radius 3 is 2.52 bits per heavy atom. The quantitative estimate of drug-likeness (QED) is 0.379. The van der Waals surface area contributed by atoms with Crippen molar-refractivity contribution in [2.24, 2.45) is 11.3 Å². The van der Waals surface area contributed by atoms with Crippen LogP contribution in [0.4, 0.5) is 0 Å². The van der Waals surface area contributed by atoms with Crippen molar-refractivity contribution in [3.05, 3.63) is 29.3 Å². The highest BCUT2D eigenvalue weighted by Gasteiger charge is 2.36. The van der Waals surface area contributed by atoms with Crippen molar-refractivity contribution in [3.8, 4) is 0 Å². The van der Waals surface area contributed by atoms with E-state index >= 15 is 0 Å². The van der Waals surface area contributed by atoms with Gasteiger partial charge in [0.05, 0.1) is 33.9 Å². The van der Waals surface area contributed by atoms with Gasteiger partial charge in [0.2, 0.25) is 11.8 Å². The Kier molecular flexibility index (Phi) is 8.05. The van der Waals surface area contributed by atoms with Crippen LogP contribution in [0.3, 0.4) is 0 Å². The molecule has 0 aliphatic heterocycles. The Bertz CT molecular complexity index is 802. The summed E-state index contributed by atoms with van der Waals surface area (Å²) in [4.78, 5) is 34.5. The lowest BCUT2D eigenvalue weighted by Crippen LogP contribution is -2.55. The largest absolute Gasteiger partial charge is 0.390 e. The molecule has 0 radical (unpaired) electrons. The lowest BCUT2D eigenvalue weighted by molar-refractivity contribution is -0.158. The van der Waals surface area contributed by atoms with E-state index in [4.69, 9.17) is 5.21 Å². The molecular weight excluding hydrogens is 396 g/mol. The zero-order chi connectivity index (χ0) is 21.6. The number of nitrogens with one attached hydrogen (secondary N) is 3. The minimum atomic E-state index is -1.23. The predicted octanol–water partition coefficient (Wildman–Crippen LogP) is 1.00. The van der Waals surface area contributed by atoms with Crippen molar-refractivity contribution >= 4 is 33.4 Å². The summed E-state index contributed by atoms with van der Waals surface area (Å²) in [6.45, 7) is 5.19. The average molecular weight is 425 g/mol. The first-order valence-electron chi connectivity index (χ1n) is 9.22. The van der Waals surface area contributed by atoms with Crippen molar-refractivity contribution in [3.63, 3.8) is 0 Å². The Balaban J connectivity index is 2.25. The number of nitrogens with zero attached hydrogens (tertiary/aromatic N) is 1. The number of amides is 2. The van der Waals surface area contributed by atoms with E-state index in [0.717, 1.165) is 10.2 Å². The normalized spacial score (nSPS) is 15.0. The summed E-state index contributed by atoms with van der Waals surface area (Å²) in [6, 6.07) is 6.80. The fourth-order valence-electron chi connectivity index (χ4n) is 2.91. The molecule has 10 heteroatoms. The number of likely N-dealkylation sites (N-methyl/N-ethyl adjacent to an activating group) is 1. The number of carbonyl (C=O) groups excluding carboxylic acids is 2. The third kappa shape index (κ3) is 6.18. The third-order valence-electron chi connectivity index (χ3n) is 4.51. The summed E-state index contributed by atoms with van der Waals surface area (Å²) in [6.07, 6.45) is -1.07. The van der Waals surface area contributed by atoms with Gasteiger partial charge in [-0.15, -0.1) is 11.3 Å². The van der Waals surface area contributed by atoms with E-state index in [2.05, 4.69) is 20.5 Å². The Morgan fingerprint density at radius 2 is 1.93 bits per heavy atom. The molecule has 1 unspecified atom stereocenters. The molecule has 9 nitrogen and oxygen atoms in total. The molecule has 1 heterocycles. The van der Waals surface area contributed by atoms with Gasteiger partial charge in [-0.25, -0.2) is 4.98 Å². The van der Waals surface area contributed by atoms with E-state index < -0.39 is 29.4 Å². The number of aliphatic hydroxyl groups is 1. The van der Waals surface area contributed by atoms with Gasteiger partial charge >= 0.3 is 0 Å². The summed E-state index contributed by atoms with van der Waals surface area (Å²) < 4.78 is 0.974. The molecule has 0 aliphatic carbocycles. The van der Waals surface area contributed by atoms with Crippen LogP contribution in [0.25, 0.3) is 10.2 Å². The number of hydrogen-bond acceptors (Lipinski definition) is 8. The van der Waals surface area contributed by atoms with E-state index in [9.17, 15) is 14.7 Å². The first-order valence-corrected chi connectivity index (χ1v) is 10.0. The molecule has 0 saturated carbocycles.